The molecule has 0 aromatic carbocycles. The standard InChI is InChI=1S/C12H22N2O3/c1-4-7-14(9-10(2)12(16)17)8-5-6-13-11(3)15/h4,10H,1,5-9H2,2-3H3,(H,13,15)(H,16,17). The fourth-order valence-corrected chi connectivity index (χ4v) is 1.47. The minimum absolute atomic E-state index is 0.0424. The Kier molecular flexibility index (Phi) is 8.05. The predicted molar refractivity (Wildman–Crippen MR) is 66.7 cm³/mol. The summed E-state index contributed by atoms with van der Waals surface area (Å²) in [5.74, 6) is -1.23. The first-order valence-corrected chi connectivity index (χ1v) is 5.77. The molecular formula is C12H22N2O3. The number of rotatable bonds is 9. The van der Waals surface area contributed by atoms with Gasteiger partial charge in [0.05, 0.1) is 5.92 Å². The molecule has 0 saturated heterocycles. The van der Waals surface area contributed by atoms with Crippen LogP contribution in [-0.4, -0.2) is 48.1 Å². The largest absolute Gasteiger partial charge is 0.481 e. The lowest BCUT2D eigenvalue weighted by Crippen LogP contribution is -2.34. The highest BCUT2D eigenvalue weighted by atomic mass is 16.4. The molecule has 0 saturated carbocycles. The maximum Gasteiger partial charge on any atom is 0.307 e. The summed E-state index contributed by atoms with van der Waals surface area (Å²) in [6.45, 7) is 9.35. The fourth-order valence-electron chi connectivity index (χ4n) is 1.47. The van der Waals surface area contributed by atoms with E-state index >= 15 is 0 Å². The van der Waals surface area contributed by atoms with E-state index in [4.69, 9.17) is 5.11 Å². The molecule has 0 aromatic rings. The third kappa shape index (κ3) is 8.45. The number of nitrogens with zero attached hydrogens (tertiary/aromatic N) is 1. The number of carbonyl (C=O) groups is 2. The summed E-state index contributed by atoms with van der Waals surface area (Å²) in [5, 5.41) is 11.5. The summed E-state index contributed by atoms with van der Waals surface area (Å²) in [5.41, 5.74) is 0. The Morgan fingerprint density at radius 2 is 2.18 bits per heavy atom. The second-order valence-electron chi connectivity index (χ2n) is 4.12. The van der Waals surface area contributed by atoms with E-state index in [0.29, 0.717) is 19.6 Å². The maximum atomic E-state index is 10.7. The van der Waals surface area contributed by atoms with E-state index in [9.17, 15) is 9.59 Å². The molecule has 0 heterocycles. The van der Waals surface area contributed by atoms with Gasteiger partial charge >= 0.3 is 5.97 Å². The molecule has 0 bridgehead atoms. The van der Waals surface area contributed by atoms with Crippen molar-refractivity contribution in [2.75, 3.05) is 26.2 Å². The predicted octanol–water partition coefficient (Wildman–Crippen LogP) is 0.721. The van der Waals surface area contributed by atoms with Crippen molar-refractivity contribution in [2.24, 2.45) is 5.92 Å². The molecule has 1 unspecified atom stereocenters. The molecule has 1 amide bonds. The number of carboxylic acid groups (broad SMARTS) is 1. The van der Waals surface area contributed by atoms with Crippen LogP contribution in [0, 0.1) is 5.92 Å². The Morgan fingerprint density at radius 3 is 2.65 bits per heavy atom. The van der Waals surface area contributed by atoms with Crippen molar-refractivity contribution in [3.63, 3.8) is 0 Å². The van der Waals surface area contributed by atoms with Crippen LogP contribution in [0.2, 0.25) is 0 Å². The van der Waals surface area contributed by atoms with Crippen molar-refractivity contribution in [1.82, 2.24) is 10.2 Å². The summed E-state index contributed by atoms with van der Waals surface area (Å²) < 4.78 is 0. The number of amides is 1. The second kappa shape index (κ2) is 8.75. The van der Waals surface area contributed by atoms with Crippen molar-refractivity contribution < 1.29 is 14.7 Å². The molecule has 0 radical (unpaired) electrons. The van der Waals surface area contributed by atoms with Gasteiger partial charge in [-0.25, -0.2) is 0 Å². The van der Waals surface area contributed by atoms with Crippen LogP contribution in [0.25, 0.3) is 0 Å². The minimum Gasteiger partial charge on any atom is -0.481 e. The molecule has 2 N–H and O–H groups in total. The maximum absolute atomic E-state index is 10.7. The van der Waals surface area contributed by atoms with Gasteiger partial charge in [0.1, 0.15) is 0 Å². The van der Waals surface area contributed by atoms with Gasteiger partial charge < -0.3 is 10.4 Å². The average Bonchev–Trinajstić information content (AvgIpc) is 2.23. The zero-order valence-electron chi connectivity index (χ0n) is 10.6. The summed E-state index contributed by atoms with van der Waals surface area (Å²) in [4.78, 5) is 23.4. The van der Waals surface area contributed by atoms with Crippen molar-refractivity contribution in [3.8, 4) is 0 Å². The van der Waals surface area contributed by atoms with Gasteiger partial charge in [-0.15, -0.1) is 6.58 Å². The van der Waals surface area contributed by atoms with E-state index < -0.39 is 11.9 Å². The van der Waals surface area contributed by atoms with Gasteiger partial charge in [0.25, 0.3) is 0 Å². The van der Waals surface area contributed by atoms with Gasteiger partial charge in [0.2, 0.25) is 5.91 Å². The quantitative estimate of drug-likeness (QED) is 0.462. The molecule has 0 aliphatic carbocycles. The molecule has 0 rings (SSSR count). The first-order chi connectivity index (χ1) is 7.97. The van der Waals surface area contributed by atoms with E-state index in [-0.39, 0.29) is 5.91 Å². The van der Waals surface area contributed by atoms with E-state index in [2.05, 4.69) is 11.9 Å². The summed E-state index contributed by atoms with van der Waals surface area (Å²) in [6.07, 6.45) is 2.56. The van der Waals surface area contributed by atoms with Gasteiger partial charge in [0.15, 0.2) is 0 Å². The average molecular weight is 242 g/mol. The van der Waals surface area contributed by atoms with E-state index in [0.717, 1.165) is 13.0 Å². The van der Waals surface area contributed by atoms with Gasteiger partial charge in [-0.1, -0.05) is 13.0 Å². The van der Waals surface area contributed by atoms with Gasteiger partial charge in [-0.05, 0) is 6.42 Å². The molecule has 0 aliphatic heterocycles. The molecule has 0 fully saturated rings. The highest BCUT2D eigenvalue weighted by Gasteiger charge is 2.14. The Bertz CT molecular complexity index is 266. The Morgan fingerprint density at radius 1 is 1.53 bits per heavy atom. The Balaban J connectivity index is 3.93. The zero-order chi connectivity index (χ0) is 13.3. The minimum atomic E-state index is -0.791. The lowest BCUT2D eigenvalue weighted by atomic mass is 10.1. The van der Waals surface area contributed by atoms with Gasteiger partial charge in [0, 0.05) is 33.1 Å². The summed E-state index contributed by atoms with van der Waals surface area (Å²) >= 11 is 0. The Labute approximate surface area is 102 Å². The van der Waals surface area contributed by atoms with E-state index in [1.165, 1.54) is 6.92 Å². The molecule has 17 heavy (non-hydrogen) atoms. The van der Waals surface area contributed by atoms with Crippen LogP contribution < -0.4 is 5.32 Å². The van der Waals surface area contributed by atoms with Crippen molar-refractivity contribution in [3.05, 3.63) is 12.7 Å². The number of hydrogen-bond donors (Lipinski definition) is 2. The number of carbonyl (C=O) groups excluding carboxylic acids is 1. The zero-order valence-corrected chi connectivity index (χ0v) is 10.6. The lowest BCUT2D eigenvalue weighted by Gasteiger charge is -2.22. The van der Waals surface area contributed by atoms with Crippen LogP contribution in [0.1, 0.15) is 20.3 Å². The molecule has 98 valence electrons. The van der Waals surface area contributed by atoms with Crippen LogP contribution in [0.3, 0.4) is 0 Å². The number of aliphatic carboxylic acids is 1. The third-order valence-electron chi connectivity index (χ3n) is 2.37. The number of hydrogen-bond acceptors (Lipinski definition) is 3. The smallest absolute Gasteiger partial charge is 0.307 e. The van der Waals surface area contributed by atoms with Crippen molar-refractivity contribution in [2.45, 2.75) is 20.3 Å². The highest BCUT2D eigenvalue weighted by molar-refractivity contribution is 5.72. The van der Waals surface area contributed by atoms with Crippen LogP contribution in [0.5, 0.6) is 0 Å². The molecule has 0 aliphatic rings. The van der Waals surface area contributed by atoms with Crippen LogP contribution in [0.4, 0.5) is 0 Å². The van der Waals surface area contributed by atoms with Crippen LogP contribution in [-0.2, 0) is 9.59 Å². The fraction of sp³-hybridized carbons (Fsp3) is 0.667. The number of nitrogens with one attached hydrogen (secondary N) is 1. The number of carboxylic acids is 1. The molecule has 1 atom stereocenters. The van der Waals surface area contributed by atoms with Gasteiger partial charge in [-0.2, -0.15) is 0 Å². The summed E-state index contributed by atoms with van der Waals surface area (Å²) in [6, 6.07) is 0. The van der Waals surface area contributed by atoms with Crippen LogP contribution >= 0.6 is 0 Å². The molecular weight excluding hydrogens is 220 g/mol. The van der Waals surface area contributed by atoms with E-state index in [1.807, 2.05) is 4.90 Å². The van der Waals surface area contributed by atoms with Gasteiger partial charge in [-0.3, -0.25) is 14.5 Å². The normalized spacial score (nSPS) is 12.2. The first-order valence-electron chi connectivity index (χ1n) is 5.77. The van der Waals surface area contributed by atoms with Crippen molar-refractivity contribution >= 4 is 11.9 Å². The van der Waals surface area contributed by atoms with Crippen LogP contribution in [0.15, 0.2) is 12.7 Å². The lowest BCUT2D eigenvalue weighted by molar-refractivity contribution is -0.141. The molecule has 5 nitrogen and oxygen atoms in total. The SMILES string of the molecule is C=CCN(CCCNC(C)=O)CC(C)C(=O)O. The third-order valence-corrected chi connectivity index (χ3v) is 2.37. The molecule has 0 spiro atoms. The molecule has 0 aromatic heterocycles. The first kappa shape index (κ1) is 15.6. The Hall–Kier alpha value is -1.36. The monoisotopic (exact) mass is 242 g/mol. The second-order valence-corrected chi connectivity index (χ2v) is 4.12. The topological polar surface area (TPSA) is 69.6 Å². The van der Waals surface area contributed by atoms with Crippen molar-refractivity contribution in [1.29, 1.82) is 0 Å². The molecule has 5 heteroatoms. The van der Waals surface area contributed by atoms with E-state index in [1.54, 1.807) is 13.0 Å². The highest BCUT2D eigenvalue weighted by Crippen LogP contribution is 2.01. The summed E-state index contributed by atoms with van der Waals surface area (Å²) in [7, 11) is 0.